The van der Waals surface area contributed by atoms with Gasteiger partial charge >= 0.3 is 0 Å². The lowest BCUT2D eigenvalue weighted by Crippen LogP contribution is -2.36. The molecule has 1 aliphatic rings. The summed E-state index contributed by atoms with van der Waals surface area (Å²) in [6.45, 7) is 6.55. The maximum absolute atomic E-state index is 13.8. The number of fused-ring (bicyclic) bond motifs is 1. The molecule has 0 atom stereocenters. The first-order valence-corrected chi connectivity index (χ1v) is 13.2. The van der Waals surface area contributed by atoms with E-state index in [1.54, 1.807) is 55.9 Å². The van der Waals surface area contributed by atoms with Gasteiger partial charge in [0.15, 0.2) is 5.78 Å². The van der Waals surface area contributed by atoms with Crippen LogP contribution in [0.25, 0.3) is 17.0 Å². The number of hydrogen-bond acceptors (Lipinski definition) is 6. The van der Waals surface area contributed by atoms with Crippen molar-refractivity contribution in [1.29, 1.82) is 0 Å². The van der Waals surface area contributed by atoms with Crippen LogP contribution in [0.3, 0.4) is 0 Å². The van der Waals surface area contributed by atoms with Crippen LogP contribution in [0.15, 0.2) is 78.1 Å². The molecule has 1 fully saturated rings. The standard InChI is InChI=1S/C28H27N3O4S/c1-20-3-8-28(21(2)17-20)36(33,34)31-19-23(4-7-27(32)22-9-11-29-12-10-22)25-18-24(5-6-26(25)31)30-13-15-35-16-14-30/h3-12,17-19H,13-16H2,1-2H3/b7-4+. The Morgan fingerprint density at radius 3 is 2.47 bits per heavy atom. The van der Waals surface area contributed by atoms with Crippen LogP contribution in [0.2, 0.25) is 0 Å². The first-order chi connectivity index (χ1) is 17.3. The Balaban J connectivity index is 1.63. The fourth-order valence-electron chi connectivity index (χ4n) is 4.54. The van der Waals surface area contributed by atoms with E-state index in [0.29, 0.717) is 35.4 Å². The largest absolute Gasteiger partial charge is 0.378 e. The summed E-state index contributed by atoms with van der Waals surface area (Å²) in [5.41, 5.74) is 4.40. The van der Waals surface area contributed by atoms with E-state index in [-0.39, 0.29) is 10.7 Å². The zero-order chi connectivity index (χ0) is 25.3. The Morgan fingerprint density at radius 1 is 1.00 bits per heavy atom. The van der Waals surface area contributed by atoms with E-state index in [4.69, 9.17) is 4.74 Å². The molecule has 184 valence electrons. The van der Waals surface area contributed by atoms with Gasteiger partial charge in [-0.25, -0.2) is 12.4 Å². The van der Waals surface area contributed by atoms with Crippen molar-refractivity contribution >= 4 is 38.5 Å². The van der Waals surface area contributed by atoms with Crippen LogP contribution in [0.5, 0.6) is 0 Å². The highest BCUT2D eigenvalue weighted by Gasteiger charge is 2.23. The van der Waals surface area contributed by atoms with Gasteiger partial charge in [0.25, 0.3) is 10.0 Å². The molecule has 2 aromatic carbocycles. The van der Waals surface area contributed by atoms with E-state index < -0.39 is 10.0 Å². The maximum Gasteiger partial charge on any atom is 0.268 e. The number of benzene rings is 2. The summed E-state index contributed by atoms with van der Waals surface area (Å²) in [6.07, 6.45) is 7.89. The number of nitrogens with zero attached hydrogens (tertiary/aromatic N) is 3. The molecule has 0 aliphatic carbocycles. The van der Waals surface area contributed by atoms with Gasteiger partial charge in [-0.3, -0.25) is 9.78 Å². The van der Waals surface area contributed by atoms with Crippen molar-refractivity contribution in [3.8, 4) is 0 Å². The summed E-state index contributed by atoms with van der Waals surface area (Å²) in [5.74, 6) is -0.181. The monoisotopic (exact) mass is 501 g/mol. The fraction of sp³-hybridized carbons (Fsp3) is 0.214. The van der Waals surface area contributed by atoms with Crippen LogP contribution in [-0.4, -0.2) is 49.5 Å². The van der Waals surface area contributed by atoms with Crippen molar-refractivity contribution in [2.24, 2.45) is 0 Å². The van der Waals surface area contributed by atoms with Crippen molar-refractivity contribution < 1.29 is 17.9 Å². The molecule has 3 heterocycles. The molecule has 5 rings (SSSR count). The highest BCUT2D eigenvalue weighted by Crippen LogP contribution is 2.32. The summed E-state index contributed by atoms with van der Waals surface area (Å²) in [5, 5.41) is 0.756. The lowest BCUT2D eigenvalue weighted by molar-refractivity contribution is 0.104. The number of carbonyl (C=O) groups is 1. The second kappa shape index (κ2) is 9.72. The topological polar surface area (TPSA) is 81.5 Å². The molecule has 0 unspecified atom stereocenters. The molecule has 0 radical (unpaired) electrons. The molecular formula is C28H27N3O4S. The molecule has 0 bridgehead atoms. The first-order valence-electron chi connectivity index (χ1n) is 11.8. The summed E-state index contributed by atoms with van der Waals surface area (Å²) < 4.78 is 34.4. The average Bonchev–Trinajstić information content (AvgIpc) is 3.27. The van der Waals surface area contributed by atoms with Crippen LogP contribution in [-0.2, 0) is 14.8 Å². The number of allylic oxidation sites excluding steroid dienone is 1. The van der Waals surface area contributed by atoms with Gasteiger partial charge in [-0.05, 0) is 68.0 Å². The number of carbonyl (C=O) groups excluding carboxylic acids is 1. The minimum absolute atomic E-state index is 0.181. The van der Waals surface area contributed by atoms with Gasteiger partial charge in [0.05, 0.1) is 23.6 Å². The molecule has 7 nitrogen and oxygen atoms in total. The van der Waals surface area contributed by atoms with E-state index in [0.717, 1.165) is 29.7 Å². The molecule has 4 aromatic rings. The second-order valence-electron chi connectivity index (χ2n) is 8.89. The average molecular weight is 502 g/mol. The molecule has 1 aliphatic heterocycles. The van der Waals surface area contributed by atoms with Gasteiger partial charge in [0.1, 0.15) is 0 Å². The van der Waals surface area contributed by atoms with E-state index in [2.05, 4.69) is 9.88 Å². The predicted molar refractivity (Wildman–Crippen MR) is 141 cm³/mol. The van der Waals surface area contributed by atoms with Gasteiger partial charge in [-0.1, -0.05) is 17.7 Å². The SMILES string of the molecule is Cc1ccc(S(=O)(=O)n2cc(/C=C/C(=O)c3ccncc3)c3cc(N4CCOCC4)ccc32)c(C)c1. The van der Waals surface area contributed by atoms with Crippen molar-refractivity contribution in [2.45, 2.75) is 18.7 Å². The number of aromatic nitrogens is 2. The Bertz CT molecular complexity index is 1570. The Hall–Kier alpha value is -3.75. The number of morpholine rings is 1. The number of hydrogen-bond donors (Lipinski definition) is 0. The van der Waals surface area contributed by atoms with Crippen molar-refractivity contribution in [3.05, 3.63) is 95.5 Å². The minimum Gasteiger partial charge on any atom is -0.378 e. The number of ketones is 1. The van der Waals surface area contributed by atoms with Crippen molar-refractivity contribution in [1.82, 2.24) is 8.96 Å². The van der Waals surface area contributed by atoms with E-state index in [1.165, 1.54) is 10.0 Å². The van der Waals surface area contributed by atoms with Gasteiger partial charge < -0.3 is 9.64 Å². The molecule has 0 saturated carbocycles. The number of pyridine rings is 1. The molecule has 36 heavy (non-hydrogen) atoms. The van der Waals surface area contributed by atoms with Gasteiger partial charge in [0.2, 0.25) is 0 Å². The van der Waals surface area contributed by atoms with Gasteiger partial charge in [0, 0.05) is 53.9 Å². The molecule has 0 spiro atoms. The van der Waals surface area contributed by atoms with Gasteiger partial charge in [-0.2, -0.15) is 0 Å². The van der Waals surface area contributed by atoms with Crippen LogP contribution < -0.4 is 4.90 Å². The molecule has 0 N–H and O–H groups in total. The number of aryl methyl sites for hydroxylation is 2. The third kappa shape index (κ3) is 4.57. The Kier molecular flexibility index (Phi) is 6.47. The number of anilines is 1. The van der Waals surface area contributed by atoms with Crippen LogP contribution in [0.1, 0.15) is 27.0 Å². The Morgan fingerprint density at radius 2 is 1.75 bits per heavy atom. The quantitative estimate of drug-likeness (QED) is 0.283. The number of rotatable bonds is 6. The third-order valence-corrected chi connectivity index (χ3v) is 8.24. The maximum atomic E-state index is 13.8. The molecule has 2 aromatic heterocycles. The summed E-state index contributed by atoms with van der Waals surface area (Å²) >= 11 is 0. The van der Waals surface area contributed by atoms with Crippen LogP contribution >= 0.6 is 0 Å². The minimum atomic E-state index is -3.86. The highest BCUT2D eigenvalue weighted by molar-refractivity contribution is 7.90. The third-order valence-electron chi connectivity index (χ3n) is 6.41. The predicted octanol–water partition coefficient (Wildman–Crippen LogP) is 4.62. The normalized spacial score (nSPS) is 14.6. The second-order valence-corrected chi connectivity index (χ2v) is 10.7. The molecule has 8 heteroatoms. The summed E-state index contributed by atoms with van der Waals surface area (Å²) in [6, 6.07) is 14.4. The molecular weight excluding hydrogens is 474 g/mol. The zero-order valence-electron chi connectivity index (χ0n) is 20.2. The smallest absolute Gasteiger partial charge is 0.268 e. The number of ether oxygens (including phenoxy) is 1. The van der Waals surface area contributed by atoms with Crippen LogP contribution in [0.4, 0.5) is 5.69 Å². The lowest BCUT2D eigenvalue weighted by Gasteiger charge is -2.29. The van der Waals surface area contributed by atoms with Crippen LogP contribution in [0, 0.1) is 13.8 Å². The van der Waals surface area contributed by atoms with E-state index in [1.807, 2.05) is 31.2 Å². The lowest BCUT2D eigenvalue weighted by atomic mass is 10.1. The van der Waals surface area contributed by atoms with Crippen molar-refractivity contribution in [3.63, 3.8) is 0 Å². The summed E-state index contributed by atoms with van der Waals surface area (Å²) in [4.78, 5) is 19.1. The first kappa shape index (κ1) is 24.0. The van der Waals surface area contributed by atoms with E-state index >= 15 is 0 Å². The fourth-order valence-corrected chi connectivity index (χ4v) is 6.12. The zero-order valence-corrected chi connectivity index (χ0v) is 21.0. The molecule has 1 saturated heterocycles. The molecule has 0 amide bonds. The Labute approximate surface area is 210 Å². The highest BCUT2D eigenvalue weighted by atomic mass is 32.2. The van der Waals surface area contributed by atoms with Crippen molar-refractivity contribution in [2.75, 3.05) is 31.2 Å². The summed E-state index contributed by atoms with van der Waals surface area (Å²) in [7, 11) is -3.86. The van der Waals surface area contributed by atoms with E-state index in [9.17, 15) is 13.2 Å². The van der Waals surface area contributed by atoms with Gasteiger partial charge in [-0.15, -0.1) is 0 Å².